The van der Waals surface area contributed by atoms with Gasteiger partial charge in [0.2, 0.25) is 0 Å². The van der Waals surface area contributed by atoms with Crippen LogP contribution in [0.2, 0.25) is 0 Å². The Labute approximate surface area is 362 Å². The topological polar surface area (TPSA) is 25.8 Å². The number of hydrogen-bond acceptors (Lipinski definition) is 3. The Morgan fingerprint density at radius 3 is 1.37 bits per heavy atom. The second kappa shape index (κ2) is 12.7. The van der Waals surface area contributed by atoms with Gasteiger partial charge in [0, 0.05) is 42.1 Å². The monoisotopic (exact) mass is 802 g/mol. The average Bonchev–Trinajstić information content (AvgIpc) is 3.97. The van der Waals surface area contributed by atoms with Crippen LogP contribution < -0.4 is 0 Å². The summed E-state index contributed by atoms with van der Waals surface area (Å²) in [6.45, 7) is 0. The molecule has 0 saturated heterocycles. The highest BCUT2D eigenvalue weighted by Gasteiger charge is 2.51. The highest BCUT2D eigenvalue weighted by molar-refractivity contribution is 7.25. The summed E-state index contributed by atoms with van der Waals surface area (Å²) >= 11 is 1.85. The van der Waals surface area contributed by atoms with Crippen molar-refractivity contribution >= 4 is 64.1 Å². The molecule has 2 heterocycles. The molecule has 0 N–H and O–H groups in total. The zero-order valence-corrected chi connectivity index (χ0v) is 34.2. The van der Waals surface area contributed by atoms with Crippen LogP contribution in [-0.2, 0) is 5.41 Å². The molecule has 0 radical (unpaired) electrons. The standard InChI is InChI=1S/C59H34N2S/c1-3-22-46-39(16-1)40-17-2-4-23-47(40)58-57(46)60-55(37-15-13-14-35(32-37)36-29-31-54-48(33-36)45-21-8-12-27-53(45)62-54)56(61-58)38-28-30-44-43-20-7-11-26-51(43)59(52(44)34-38)49-24-9-5-18-41(49)42-19-6-10-25-50(42)59/h1-34H. The van der Waals surface area contributed by atoms with Crippen LogP contribution in [0, 0.1) is 0 Å². The molecule has 0 saturated carbocycles. The van der Waals surface area contributed by atoms with Gasteiger partial charge in [-0.25, -0.2) is 9.97 Å². The molecule has 0 amide bonds. The number of hydrogen-bond donors (Lipinski definition) is 0. The van der Waals surface area contributed by atoms with Gasteiger partial charge in [-0.05, 0) is 96.7 Å². The first kappa shape index (κ1) is 34.0. The molecule has 1 spiro atoms. The number of rotatable bonds is 3. The Morgan fingerprint density at radius 2 is 0.742 bits per heavy atom. The van der Waals surface area contributed by atoms with Crippen molar-refractivity contribution < 1.29 is 0 Å². The van der Waals surface area contributed by atoms with Crippen molar-refractivity contribution in [2.45, 2.75) is 5.41 Å². The lowest BCUT2D eigenvalue weighted by Crippen LogP contribution is -2.25. The zero-order valence-electron chi connectivity index (χ0n) is 33.4. The largest absolute Gasteiger partial charge is 0.243 e. The summed E-state index contributed by atoms with van der Waals surface area (Å²) < 4.78 is 2.62. The van der Waals surface area contributed by atoms with Crippen molar-refractivity contribution in [1.82, 2.24) is 9.97 Å². The van der Waals surface area contributed by atoms with E-state index in [1.165, 1.54) is 81.0 Å². The predicted octanol–water partition coefficient (Wildman–Crippen LogP) is 15.6. The van der Waals surface area contributed by atoms with E-state index in [1.807, 2.05) is 11.3 Å². The Bertz CT molecular complexity index is 3830. The molecule has 0 fully saturated rings. The molecular weight excluding hydrogens is 769 g/mol. The molecule has 0 unspecified atom stereocenters. The fraction of sp³-hybridized carbons (Fsp3) is 0.0169. The summed E-state index contributed by atoms with van der Waals surface area (Å²) in [6, 6.07) is 75.9. The van der Waals surface area contributed by atoms with Crippen molar-refractivity contribution in [2.24, 2.45) is 0 Å². The predicted molar refractivity (Wildman–Crippen MR) is 260 cm³/mol. The maximum Gasteiger partial charge on any atom is 0.0979 e. The third-order valence-electron chi connectivity index (χ3n) is 13.7. The Kier molecular flexibility index (Phi) is 6.95. The molecule has 2 aliphatic carbocycles. The van der Waals surface area contributed by atoms with Crippen molar-refractivity contribution in [3.05, 3.63) is 229 Å². The second-order valence-electron chi connectivity index (χ2n) is 16.7. The van der Waals surface area contributed by atoms with Crippen LogP contribution >= 0.6 is 11.3 Å². The number of fused-ring (bicyclic) bond motifs is 19. The summed E-state index contributed by atoms with van der Waals surface area (Å²) in [5.41, 5.74) is 18.0. The van der Waals surface area contributed by atoms with Gasteiger partial charge in [-0.1, -0.05) is 176 Å². The molecule has 12 aromatic rings. The minimum Gasteiger partial charge on any atom is -0.243 e. The molecule has 286 valence electrons. The van der Waals surface area contributed by atoms with E-state index in [0.29, 0.717) is 0 Å². The number of aromatic nitrogens is 2. The van der Waals surface area contributed by atoms with Crippen LogP contribution in [0.1, 0.15) is 22.3 Å². The van der Waals surface area contributed by atoms with E-state index in [9.17, 15) is 0 Å². The minimum atomic E-state index is -0.465. The van der Waals surface area contributed by atoms with Gasteiger partial charge in [-0.15, -0.1) is 11.3 Å². The van der Waals surface area contributed by atoms with Crippen LogP contribution in [0.15, 0.2) is 206 Å². The lowest BCUT2D eigenvalue weighted by molar-refractivity contribution is 0.794. The van der Waals surface area contributed by atoms with Crippen molar-refractivity contribution in [3.8, 4) is 55.9 Å². The molecule has 14 rings (SSSR count). The van der Waals surface area contributed by atoms with E-state index in [2.05, 4.69) is 206 Å². The van der Waals surface area contributed by atoms with Gasteiger partial charge >= 0.3 is 0 Å². The second-order valence-corrected chi connectivity index (χ2v) is 17.8. The van der Waals surface area contributed by atoms with Gasteiger partial charge < -0.3 is 0 Å². The van der Waals surface area contributed by atoms with E-state index in [0.717, 1.165) is 49.9 Å². The van der Waals surface area contributed by atoms with Crippen LogP contribution in [0.5, 0.6) is 0 Å². The molecule has 2 nitrogen and oxygen atoms in total. The van der Waals surface area contributed by atoms with Crippen LogP contribution in [0.4, 0.5) is 0 Å². The first-order chi connectivity index (χ1) is 30.7. The smallest absolute Gasteiger partial charge is 0.0979 e. The maximum absolute atomic E-state index is 5.79. The summed E-state index contributed by atoms with van der Waals surface area (Å²) in [7, 11) is 0. The molecule has 0 atom stereocenters. The number of nitrogens with zero attached hydrogens (tertiary/aromatic N) is 2. The van der Waals surface area contributed by atoms with E-state index in [-0.39, 0.29) is 0 Å². The van der Waals surface area contributed by atoms with E-state index >= 15 is 0 Å². The molecule has 10 aromatic carbocycles. The quantitative estimate of drug-likeness (QED) is 0.166. The molecule has 0 bridgehead atoms. The van der Waals surface area contributed by atoms with Gasteiger partial charge in [-0.3, -0.25) is 0 Å². The molecule has 3 heteroatoms. The molecule has 2 aliphatic rings. The molecular formula is C59H34N2S. The fourth-order valence-electron chi connectivity index (χ4n) is 11.1. The minimum absolute atomic E-state index is 0.465. The van der Waals surface area contributed by atoms with Crippen LogP contribution in [-0.4, -0.2) is 9.97 Å². The van der Waals surface area contributed by atoms with E-state index in [1.54, 1.807) is 0 Å². The third-order valence-corrected chi connectivity index (χ3v) is 14.8. The maximum atomic E-state index is 5.79. The van der Waals surface area contributed by atoms with Gasteiger partial charge in [-0.2, -0.15) is 0 Å². The van der Waals surface area contributed by atoms with E-state index < -0.39 is 5.41 Å². The summed E-state index contributed by atoms with van der Waals surface area (Å²) in [5.74, 6) is 0. The first-order valence-corrected chi connectivity index (χ1v) is 22.1. The highest BCUT2D eigenvalue weighted by atomic mass is 32.1. The van der Waals surface area contributed by atoms with Crippen molar-refractivity contribution in [2.75, 3.05) is 0 Å². The molecule has 0 aliphatic heterocycles. The molecule has 62 heavy (non-hydrogen) atoms. The molecule has 2 aromatic heterocycles. The normalized spacial score (nSPS) is 13.3. The average molecular weight is 803 g/mol. The van der Waals surface area contributed by atoms with Crippen molar-refractivity contribution in [1.29, 1.82) is 0 Å². The van der Waals surface area contributed by atoms with Gasteiger partial charge in [0.25, 0.3) is 0 Å². The summed E-state index contributed by atoms with van der Waals surface area (Å²) in [4.78, 5) is 11.5. The SMILES string of the molecule is c1cc(-c2ccc3sc4ccccc4c3c2)cc(-c2nc3c4ccccc4c4ccccc4c3nc2-c2ccc3c(c2)C2(c4ccccc4-c4ccccc42)c2ccccc2-3)c1. The highest BCUT2D eigenvalue weighted by Crippen LogP contribution is 2.63. The number of benzene rings is 10. The summed E-state index contributed by atoms with van der Waals surface area (Å²) in [6.07, 6.45) is 0. The lowest BCUT2D eigenvalue weighted by Gasteiger charge is -2.30. The Morgan fingerprint density at radius 1 is 0.290 bits per heavy atom. The van der Waals surface area contributed by atoms with Gasteiger partial charge in [0.1, 0.15) is 0 Å². The zero-order chi connectivity index (χ0) is 40.5. The van der Waals surface area contributed by atoms with E-state index in [4.69, 9.17) is 9.97 Å². The van der Waals surface area contributed by atoms with Gasteiger partial charge in [0.15, 0.2) is 0 Å². The van der Waals surface area contributed by atoms with Crippen LogP contribution in [0.3, 0.4) is 0 Å². The van der Waals surface area contributed by atoms with Gasteiger partial charge in [0.05, 0.1) is 27.8 Å². The van der Waals surface area contributed by atoms with Crippen molar-refractivity contribution in [3.63, 3.8) is 0 Å². The number of thiophene rings is 1. The summed E-state index contributed by atoms with van der Waals surface area (Å²) in [5, 5.41) is 7.18. The lowest BCUT2D eigenvalue weighted by atomic mass is 9.70. The Hall–Kier alpha value is -7.72. The first-order valence-electron chi connectivity index (χ1n) is 21.3. The Balaban J connectivity index is 1.05. The third kappa shape index (κ3) is 4.53. The van der Waals surface area contributed by atoms with Crippen LogP contribution in [0.25, 0.3) is 109 Å². The fourth-order valence-corrected chi connectivity index (χ4v) is 12.1.